The van der Waals surface area contributed by atoms with Crippen molar-refractivity contribution in [2.24, 2.45) is 0 Å². The summed E-state index contributed by atoms with van der Waals surface area (Å²) < 4.78 is 26.7. The van der Waals surface area contributed by atoms with Crippen molar-refractivity contribution >= 4 is 39.0 Å². The molecule has 0 bridgehead atoms. The summed E-state index contributed by atoms with van der Waals surface area (Å²) in [6, 6.07) is 4.64. The van der Waals surface area contributed by atoms with E-state index in [9.17, 15) is 8.42 Å². The van der Waals surface area contributed by atoms with Gasteiger partial charge in [0.2, 0.25) is 0 Å². The molecule has 1 heterocycles. The molecule has 8 heteroatoms. The summed E-state index contributed by atoms with van der Waals surface area (Å²) in [5.41, 5.74) is 0.464. The zero-order valence-corrected chi connectivity index (χ0v) is 12.1. The molecular weight excluding hydrogens is 309 g/mol. The summed E-state index contributed by atoms with van der Waals surface area (Å²) in [7, 11) is -3.78. The number of halogens is 2. The number of hydrogen-bond acceptors (Lipinski definition) is 4. The van der Waals surface area contributed by atoms with Crippen LogP contribution in [-0.4, -0.2) is 18.4 Å². The third-order valence-corrected chi connectivity index (χ3v) is 4.44. The minimum atomic E-state index is -3.78. The summed E-state index contributed by atoms with van der Waals surface area (Å²) in [5.74, 6) is 0.0480. The molecule has 0 spiro atoms. The molecule has 0 amide bonds. The standard InChI is InChI=1S/C11H9Cl2N3O2S/c1-7-8(12)3-2-4-9(7)19(17,18)16-11-6-14-5-10(13)15-11/h2-6H,1H3,(H,15,16). The molecular formula is C11H9Cl2N3O2S. The second-order valence-corrected chi connectivity index (χ2v) is 6.14. The second-order valence-electron chi connectivity index (χ2n) is 3.70. The van der Waals surface area contributed by atoms with Crippen LogP contribution in [0.3, 0.4) is 0 Å². The smallest absolute Gasteiger partial charge is 0.262 e. The second kappa shape index (κ2) is 5.32. The maximum atomic E-state index is 12.2. The van der Waals surface area contributed by atoms with Crippen LogP contribution in [0.4, 0.5) is 5.82 Å². The molecule has 1 aromatic carbocycles. The van der Waals surface area contributed by atoms with Gasteiger partial charge < -0.3 is 0 Å². The molecule has 0 saturated carbocycles. The van der Waals surface area contributed by atoms with Gasteiger partial charge in [0.1, 0.15) is 5.15 Å². The Labute approximate surface area is 120 Å². The van der Waals surface area contributed by atoms with Gasteiger partial charge in [-0.05, 0) is 24.6 Å². The van der Waals surface area contributed by atoms with Crippen molar-refractivity contribution < 1.29 is 8.42 Å². The predicted octanol–water partition coefficient (Wildman–Crippen LogP) is 2.89. The highest BCUT2D eigenvalue weighted by molar-refractivity contribution is 7.92. The van der Waals surface area contributed by atoms with E-state index in [1.165, 1.54) is 18.5 Å². The Bertz CT molecular complexity index is 720. The zero-order valence-electron chi connectivity index (χ0n) is 9.76. The lowest BCUT2D eigenvalue weighted by molar-refractivity contribution is 0.600. The fraction of sp³-hybridized carbons (Fsp3) is 0.0909. The molecule has 5 nitrogen and oxygen atoms in total. The minimum Gasteiger partial charge on any atom is -0.262 e. The Morgan fingerprint density at radius 2 is 1.95 bits per heavy atom. The molecule has 0 saturated heterocycles. The molecule has 0 unspecified atom stereocenters. The van der Waals surface area contributed by atoms with Crippen LogP contribution < -0.4 is 4.72 Å². The molecule has 0 fully saturated rings. The Morgan fingerprint density at radius 1 is 1.21 bits per heavy atom. The van der Waals surface area contributed by atoms with Crippen LogP contribution in [0.2, 0.25) is 10.2 Å². The van der Waals surface area contributed by atoms with Gasteiger partial charge in [0.25, 0.3) is 10.0 Å². The summed E-state index contributed by atoms with van der Waals surface area (Å²) in [6.45, 7) is 1.63. The third kappa shape index (κ3) is 3.15. The number of anilines is 1. The first-order valence-corrected chi connectivity index (χ1v) is 7.39. The summed E-state index contributed by atoms with van der Waals surface area (Å²) in [4.78, 5) is 7.66. The van der Waals surface area contributed by atoms with Gasteiger partial charge in [-0.15, -0.1) is 0 Å². The van der Waals surface area contributed by atoms with Crippen LogP contribution >= 0.6 is 23.2 Å². The first kappa shape index (κ1) is 14.0. The van der Waals surface area contributed by atoms with Crippen molar-refractivity contribution in [3.63, 3.8) is 0 Å². The molecule has 19 heavy (non-hydrogen) atoms. The first-order valence-electron chi connectivity index (χ1n) is 5.15. The molecule has 0 aliphatic carbocycles. The quantitative estimate of drug-likeness (QED) is 0.944. The number of aromatic nitrogens is 2. The van der Waals surface area contributed by atoms with E-state index in [-0.39, 0.29) is 15.9 Å². The number of rotatable bonds is 3. The topological polar surface area (TPSA) is 72.0 Å². The highest BCUT2D eigenvalue weighted by Gasteiger charge is 2.18. The van der Waals surface area contributed by atoms with Crippen molar-refractivity contribution in [3.8, 4) is 0 Å². The van der Waals surface area contributed by atoms with Gasteiger partial charge in [-0.3, -0.25) is 9.71 Å². The lowest BCUT2D eigenvalue weighted by Crippen LogP contribution is -2.15. The zero-order chi connectivity index (χ0) is 14.0. The largest absolute Gasteiger partial charge is 0.263 e. The molecule has 0 atom stereocenters. The number of nitrogens with one attached hydrogen (secondary N) is 1. The molecule has 100 valence electrons. The Hall–Kier alpha value is -1.37. The van der Waals surface area contributed by atoms with E-state index < -0.39 is 10.0 Å². The summed E-state index contributed by atoms with van der Waals surface area (Å²) in [5, 5.41) is 0.475. The van der Waals surface area contributed by atoms with E-state index in [1.807, 2.05) is 0 Å². The summed E-state index contributed by atoms with van der Waals surface area (Å²) in [6.07, 6.45) is 2.58. The molecule has 2 aromatic rings. The molecule has 0 aliphatic heterocycles. The van der Waals surface area contributed by atoms with Crippen molar-refractivity contribution in [1.29, 1.82) is 0 Å². The molecule has 0 aliphatic rings. The van der Waals surface area contributed by atoms with Crippen LogP contribution in [0, 0.1) is 6.92 Å². The first-order chi connectivity index (χ1) is 8.90. The Kier molecular flexibility index (Phi) is 3.93. The van der Waals surface area contributed by atoms with Gasteiger partial charge in [0, 0.05) is 5.02 Å². The van der Waals surface area contributed by atoms with E-state index in [0.717, 1.165) is 0 Å². The van der Waals surface area contributed by atoms with Crippen molar-refractivity contribution in [2.75, 3.05) is 4.72 Å². The van der Waals surface area contributed by atoms with Gasteiger partial charge in [0.15, 0.2) is 5.82 Å². The van der Waals surface area contributed by atoms with Gasteiger partial charge in [-0.2, -0.15) is 0 Å². The number of sulfonamides is 1. The van der Waals surface area contributed by atoms with Crippen molar-refractivity contribution in [3.05, 3.63) is 46.3 Å². The lowest BCUT2D eigenvalue weighted by atomic mass is 10.2. The number of benzene rings is 1. The monoisotopic (exact) mass is 317 g/mol. The van der Waals surface area contributed by atoms with E-state index in [2.05, 4.69) is 14.7 Å². The fourth-order valence-electron chi connectivity index (χ4n) is 1.46. The van der Waals surface area contributed by atoms with E-state index in [4.69, 9.17) is 23.2 Å². The molecule has 1 N–H and O–H groups in total. The molecule has 1 aromatic heterocycles. The van der Waals surface area contributed by atoms with Crippen molar-refractivity contribution in [2.45, 2.75) is 11.8 Å². The molecule has 0 radical (unpaired) electrons. The minimum absolute atomic E-state index is 0.0480. The number of nitrogens with zero attached hydrogens (tertiary/aromatic N) is 2. The van der Waals surface area contributed by atoms with E-state index >= 15 is 0 Å². The van der Waals surface area contributed by atoms with Gasteiger partial charge in [0.05, 0.1) is 17.3 Å². The normalized spacial score (nSPS) is 11.3. The molecule has 2 rings (SSSR count). The number of hydrogen-bond donors (Lipinski definition) is 1. The average Bonchev–Trinajstić information content (AvgIpc) is 2.32. The van der Waals surface area contributed by atoms with E-state index in [0.29, 0.717) is 10.6 Å². The SMILES string of the molecule is Cc1c(Cl)cccc1S(=O)(=O)Nc1cncc(Cl)n1. The van der Waals surface area contributed by atoms with Gasteiger partial charge in [-0.25, -0.2) is 13.4 Å². The fourth-order valence-corrected chi connectivity index (χ4v) is 3.10. The van der Waals surface area contributed by atoms with Crippen molar-refractivity contribution in [1.82, 2.24) is 9.97 Å². The van der Waals surface area contributed by atoms with Crippen LogP contribution in [0.25, 0.3) is 0 Å². The average molecular weight is 318 g/mol. The maximum Gasteiger partial charge on any atom is 0.263 e. The highest BCUT2D eigenvalue weighted by Crippen LogP contribution is 2.24. The van der Waals surface area contributed by atoms with Gasteiger partial charge >= 0.3 is 0 Å². The summed E-state index contributed by atoms with van der Waals surface area (Å²) >= 11 is 11.6. The Morgan fingerprint density at radius 3 is 2.63 bits per heavy atom. The lowest BCUT2D eigenvalue weighted by Gasteiger charge is -2.10. The van der Waals surface area contributed by atoms with Gasteiger partial charge in [-0.1, -0.05) is 29.3 Å². The van der Waals surface area contributed by atoms with Crippen LogP contribution in [0.1, 0.15) is 5.56 Å². The predicted molar refractivity (Wildman–Crippen MR) is 74.0 cm³/mol. The van der Waals surface area contributed by atoms with Crippen LogP contribution in [0.5, 0.6) is 0 Å². The highest BCUT2D eigenvalue weighted by atomic mass is 35.5. The Balaban J connectivity index is 2.41. The third-order valence-electron chi connectivity index (χ3n) is 2.35. The van der Waals surface area contributed by atoms with Crippen LogP contribution in [0.15, 0.2) is 35.5 Å². The van der Waals surface area contributed by atoms with Crippen LogP contribution in [-0.2, 0) is 10.0 Å². The van der Waals surface area contributed by atoms with E-state index in [1.54, 1.807) is 19.1 Å². The maximum absolute atomic E-state index is 12.2.